The molecule has 4 aliphatic heterocycles. The average Bonchev–Trinajstić information content (AvgIpc) is 3.48. The first kappa shape index (κ1) is 28.9. The van der Waals surface area contributed by atoms with Crippen molar-refractivity contribution in [3.8, 4) is 11.5 Å². The van der Waals surface area contributed by atoms with E-state index in [-0.39, 0.29) is 23.5 Å². The molecule has 7 heteroatoms. The van der Waals surface area contributed by atoms with Crippen LogP contribution >= 0.6 is 0 Å². The Morgan fingerprint density at radius 3 is 2.28 bits per heavy atom. The molecule has 4 aromatic carbocycles. The fourth-order valence-electron chi connectivity index (χ4n) is 8.03. The average molecular weight is 615 g/mol. The first-order chi connectivity index (χ1) is 22.6. The summed E-state index contributed by atoms with van der Waals surface area (Å²) >= 11 is 0. The van der Waals surface area contributed by atoms with Gasteiger partial charge in [0.15, 0.2) is 0 Å². The molecule has 2 saturated heterocycles. The van der Waals surface area contributed by atoms with E-state index in [1.165, 1.54) is 41.9 Å². The zero-order valence-electron chi connectivity index (χ0n) is 26.3. The summed E-state index contributed by atoms with van der Waals surface area (Å²) in [6.07, 6.45) is 2.45. The van der Waals surface area contributed by atoms with Crippen molar-refractivity contribution >= 4 is 17.3 Å². The number of aromatic hydroxyl groups is 1. The minimum atomic E-state index is 0.0510. The number of nitrogens with one attached hydrogen (secondary N) is 1. The maximum Gasteiger partial charge on any atom is 0.251 e. The van der Waals surface area contributed by atoms with Crippen molar-refractivity contribution in [2.75, 3.05) is 62.2 Å². The largest absolute Gasteiger partial charge is 0.508 e. The van der Waals surface area contributed by atoms with Gasteiger partial charge in [-0.05, 0) is 71.8 Å². The van der Waals surface area contributed by atoms with Crippen molar-refractivity contribution in [2.45, 2.75) is 31.2 Å². The van der Waals surface area contributed by atoms with Gasteiger partial charge in [0.05, 0.1) is 6.61 Å². The van der Waals surface area contributed by atoms with Gasteiger partial charge in [0.25, 0.3) is 5.91 Å². The number of piperazine rings is 1. The number of anilines is 2. The Labute approximate surface area is 271 Å². The number of piperidine rings is 1. The number of ether oxygens (including phenoxy) is 1. The number of phenolic OH excluding ortho intramolecular Hbond substituents is 1. The number of phenols is 1. The molecule has 4 aliphatic rings. The second kappa shape index (κ2) is 12.4. The van der Waals surface area contributed by atoms with Gasteiger partial charge in [-0.25, -0.2) is 0 Å². The van der Waals surface area contributed by atoms with Crippen LogP contribution in [-0.4, -0.2) is 68.3 Å². The Hall–Kier alpha value is -4.49. The van der Waals surface area contributed by atoms with Crippen LogP contribution in [0.15, 0.2) is 91.0 Å². The Kier molecular flexibility index (Phi) is 7.78. The van der Waals surface area contributed by atoms with Gasteiger partial charge in [0, 0.05) is 92.8 Å². The van der Waals surface area contributed by atoms with Crippen molar-refractivity contribution < 1.29 is 14.6 Å². The highest BCUT2D eigenvalue weighted by Crippen LogP contribution is 2.47. The summed E-state index contributed by atoms with van der Waals surface area (Å²) in [5, 5.41) is 13.0. The summed E-state index contributed by atoms with van der Waals surface area (Å²) in [5.74, 6) is 2.18. The molecule has 8 rings (SSSR count). The molecule has 0 aromatic heterocycles. The number of carbonyl (C=O) groups excluding carboxylic acids is 1. The van der Waals surface area contributed by atoms with Gasteiger partial charge in [-0.2, -0.15) is 0 Å². The van der Waals surface area contributed by atoms with E-state index in [9.17, 15) is 9.90 Å². The van der Waals surface area contributed by atoms with Crippen molar-refractivity contribution in [1.82, 2.24) is 10.2 Å². The van der Waals surface area contributed by atoms with Crippen LogP contribution < -0.4 is 19.9 Å². The van der Waals surface area contributed by atoms with Crippen LogP contribution in [0.25, 0.3) is 0 Å². The molecule has 2 N–H and O–H groups in total. The molecule has 2 fully saturated rings. The number of fused-ring (bicyclic) bond motifs is 2. The van der Waals surface area contributed by atoms with Crippen molar-refractivity contribution in [3.63, 3.8) is 0 Å². The quantitative estimate of drug-likeness (QED) is 0.279. The van der Waals surface area contributed by atoms with E-state index in [2.05, 4.69) is 86.7 Å². The van der Waals surface area contributed by atoms with Crippen LogP contribution in [0.1, 0.15) is 57.3 Å². The lowest BCUT2D eigenvalue weighted by atomic mass is 9.76. The number of benzene rings is 4. The molecule has 46 heavy (non-hydrogen) atoms. The minimum absolute atomic E-state index is 0.0510. The fourth-order valence-corrected chi connectivity index (χ4v) is 8.03. The molecule has 4 aromatic rings. The Morgan fingerprint density at radius 2 is 1.50 bits per heavy atom. The molecule has 2 atom stereocenters. The molecule has 0 bridgehead atoms. The third-order valence-corrected chi connectivity index (χ3v) is 10.6. The molecule has 1 amide bonds. The Bertz CT molecular complexity index is 1690. The smallest absolute Gasteiger partial charge is 0.251 e. The van der Waals surface area contributed by atoms with E-state index in [4.69, 9.17) is 4.74 Å². The van der Waals surface area contributed by atoms with E-state index in [1.807, 2.05) is 12.1 Å². The summed E-state index contributed by atoms with van der Waals surface area (Å²) in [7, 11) is 0. The van der Waals surface area contributed by atoms with E-state index in [0.717, 1.165) is 67.6 Å². The lowest BCUT2D eigenvalue weighted by molar-refractivity contribution is 0.0965. The number of amides is 1. The zero-order valence-corrected chi connectivity index (χ0v) is 26.3. The predicted molar refractivity (Wildman–Crippen MR) is 182 cm³/mol. The van der Waals surface area contributed by atoms with Gasteiger partial charge in [-0.15, -0.1) is 0 Å². The predicted octanol–water partition coefficient (Wildman–Crippen LogP) is 5.98. The number of hydrogen-bond donors (Lipinski definition) is 2. The number of rotatable bonds is 6. The first-order valence-corrected chi connectivity index (χ1v) is 16.8. The molecule has 4 heterocycles. The van der Waals surface area contributed by atoms with Gasteiger partial charge < -0.3 is 25.0 Å². The van der Waals surface area contributed by atoms with Gasteiger partial charge in [0.2, 0.25) is 0 Å². The molecule has 236 valence electrons. The van der Waals surface area contributed by atoms with Crippen molar-refractivity contribution in [2.24, 2.45) is 5.92 Å². The van der Waals surface area contributed by atoms with E-state index < -0.39 is 0 Å². The highest BCUT2D eigenvalue weighted by molar-refractivity contribution is 5.98. The lowest BCUT2D eigenvalue weighted by Gasteiger charge is -2.40. The highest BCUT2D eigenvalue weighted by Gasteiger charge is 2.34. The molecule has 0 saturated carbocycles. The minimum Gasteiger partial charge on any atom is -0.508 e. The summed E-state index contributed by atoms with van der Waals surface area (Å²) in [6.45, 7) is 8.87. The van der Waals surface area contributed by atoms with Crippen molar-refractivity contribution in [1.29, 1.82) is 0 Å². The third-order valence-electron chi connectivity index (χ3n) is 10.6. The maximum atomic E-state index is 11.9. The topological polar surface area (TPSA) is 68.3 Å². The Balaban J connectivity index is 0.877. The van der Waals surface area contributed by atoms with Gasteiger partial charge in [-0.3, -0.25) is 9.69 Å². The van der Waals surface area contributed by atoms with Gasteiger partial charge in [-0.1, -0.05) is 48.5 Å². The zero-order chi connectivity index (χ0) is 31.0. The fraction of sp³-hybridized carbons (Fsp3) is 0.359. The maximum absolute atomic E-state index is 11.9. The second-order valence-electron chi connectivity index (χ2n) is 13.4. The highest BCUT2D eigenvalue weighted by atomic mass is 16.5. The van der Waals surface area contributed by atoms with E-state index in [1.54, 1.807) is 12.1 Å². The van der Waals surface area contributed by atoms with Gasteiger partial charge >= 0.3 is 0 Å². The molecular formula is C39H42N4O3. The molecule has 0 aliphatic carbocycles. The molecule has 0 unspecified atom stereocenters. The first-order valence-electron chi connectivity index (χ1n) is 16.8. The van der Waals surface area contributed by atoms with Crippen LogP contribution in [0.4, 0.5) is 11.4 Å². The number of carbonyl (C=O) groups is 1. The number of hydrogen-bond acceptors (Lipinski definition) is 6. The molecule has 0 radical (unpaired) electrons. The van der Waals surface area contributed by atoms with Crippen LogP contribution in [0.5, 0.6) is 11.5 Å². The summed E-state index contributed by atoms with van der Waals surface area (Å²) in [5.41, 5.74) is 8.19. The SMILES string of the molecule is O=C1NCc2cc(N3CCN(CC4CCN(c5ccc([C@H]6c7ccc(O)cc7OC[C@H]6c6ccccc6)cc5)CC4)CC3)ccc21. The standard InChI is InChI=1S/C39H42N4O3/c44-33-11-13-35-37(23-33)46-26-36(28-4-2-1-3-5-28)38(35)29-6-8-31(9-7-29)42-16-14-27(15-17-42)25-41-18-20-43(21-19-41)32-10-12-34-30(22-32)24-40-39(34)45/h1-13,22-23,27,36,38,44H,14-21,24-26H2,(H,40,45)/t36-,38-/m0/s1. The lowest BCUT2D eigenvalue weighted by Crippen LogP contribution is -2.49. The van der Waals surface area contributed by atoms with Crippen LogP contribution in [0.3, 0.4) is 0 Å². The van der Waals surface area contributed by atoms with E-state index >= 15 is 0 Å². The summed E-state index contributed by atoms with van der Waals surface area (Å²) < 4.78 is 6.16. The monoisotopic (exact) mass is 614 g/mol. The second-order valence-corrected chi connectivity index (χ2v) is 13.4. The summed E-state index contributed by atoms with van der Waals surface area (Å²) in [4.78, 5) is 19.6. The van der Waals surface area contributed by atoms with Gasteiger partial charge in [0.1, 0.15) is 11.5 Å². The normalized spacial score (nSPS) is 21.8. The van der Waals surface area contributed by atoms with Crippen LogP contribution in [-0.2, 0) is 6.54 Å². The Morgan fingerprint density at radius 1 is 0.761 bits per heavy atom. The van der Waals surface area contributed by atoms with E-state index in [0.29, 0.717) is 13.2 Å². The molecule has 0 spiro atoms. The molecule has 7 nitrogen and oxygen atoms in total. The summed E-state index contributed by atoms with van der Waals surface area (Å²) in [6, 6.07) is 31.7. The number of nitrogens with zero attached hydrogens (tertiary/aromatic N) is 3. The van der Waals surface area contributed by atoms with Crippen LogP contribution in [0.2, 0.25) is 0 Å². The van der Waals surface area contributed by atoms with Crippen LogP contribution in [0, 0.1) is 5.92 Å². The third kappa shape index (κ3) is 5.69. The van der Waals surface area contributed by atoms with Crippen molar-refractivity contribution in [3.05, 3.63) is 119 Å². The molecular weight excluding hydrogens is 572 g/mol.